The molecule has 0 radical (unpaired) electrons. The molecule has 0 aliphatic carbocycles. The van der Waals surface area contributed by atoms with Crippen LogP contribution in [-0.4, -0.2) is 38.3 Å². The van der Waals surface area contributed by atoms with E-state index in [1.807, 2.05) is 18.3 Å². The molecule has 1 aromatic heterocycles. The van der Waals surface area contributed by atoms with Gasteiger partial charge in [0, 0.05) is 18.5 Å². The Hall–Kier alpha value is -1.81. The molecule has 2 heterocycles. The summed E-state index contributed by atoms with van der Waals surface area (Å²) in [7, 11) is 3.85. The third kappa shape index (κ3) is 2.43. The maximum Gasteiger partial charge on any atom is 0.145 e. The van der Waals surface area contributed by atoms with E-state index in [1.165, 1.54) is 18.5 Å². The van der Waals surface area contributed by atoms with Gasteiger partial charge in [0.25, 0.3) is 0 Å². The van der Waals surface area contributed by atoms with Gasteiger partial charge in [0.05, 0.1) is 19.0 Å². The van der Waals surface area contributed by atoms with E-state index in [4.69, 9.17) is 4.74 Å². The smallest absolute Gasteiger partial charge is 0.145 e. The Kier molecular flexibility index (Phi) is 3.74. The molecule has 1 aliphatic heterocycles. The van der Waals surface area contributed by atoms with Crippen molar-refractivity contribution in [2.75, 3.05) is 32.1 Å². The van der Waals surface area contributed by atoms with Gasteiger partial charge >= 0.3 is 0 Å². The van der Waals surface area contributed by atoms with Gasteiger partial charge in [0.1, 0.15) is 11.3 Å². The molecular weight excluding hydrogens is 250 g/mol. The Morgan fingerprint density at radius 1 is 1.30 bits per heavy atom. The highest BCUT2D eigenvalue weighted by molar-refractivity contribution is 5.86. The number of benzene rings is 1. The van der Waals surface area contributed by atoms with Gasteiger partial charge in [-0.3, -0.25) is 4.98 Å². The van der Waals surface area contributed by atoms with Crippen LogP contribution in [0.2, 0.25) is 0 Å². The van der Waals surface area contributed by atoms with Gasteiger partial charge in [0.2, 0.25) is 0 Å². The maximum atomic E-state index is 5.36. The van der Waals surface area contributed by atoms with E-state index in [0.717, 1.165) is 29.7 Å². The first-order valence-electron chi connectivity index (χ1n) is 7.16. The molecule has 0 spiro atoms. The number of fused-ring (bicyclic) bond motifs is 1. The van der Waals surface area contributed by atoms with Crippen LogP contribution in [0.25, 0.3) is 10.9 Å². The zero-order chi connectivity index (χ0) is 13.9. The van der Waals surface area contributed by atoms with Crippen LogP contribution in [-0.2, 0) is 0 Å². The molecule has 106 valence electrons. The normalized spacial score (nSPS) is 16.3. The number of hydrogen-bond acceptors (Lipinski definition) is 4. The van der Waals surface area contributed by atoms with Crippen molar-refractivity contribution < 1.29 is 4.74 Å². The predicted molar refractivity (Wildman–Crippen MR) is 82.6 cm³/mol. The summed E-state index contributed by atoms with van der Waals surface area (Å²) in [5, 5.41) is 4.53. The first kappa shape index (κ1) is 13.2. The Morgan fingerprint density at radius 3 is 2.85 bits per heavy atom. The molecule has 0 saturated carbocycles. The lowest BCUT2D eigenvalue weighted by Gasteiger charge is -2.33. The Balaban J connectivity index is 1.92. The number of anilines is 1. The van der Waals surface area contributed by atoms with E-state index in [1.54, 1.807) is 7.11 Å². The molecule has 0 amide bonds. The van der Waals surface area contributed by atoms with Gasteiger partial charge in [0.15, 0.2) is 0 Å². The molecule has 2 aromatic rings. The van der Waals surface area contributed by atoms with E-state index < -0.39 is 0 Å². The van der Waals surface area contributed by atoms with Gasteiger partial charge in [-0.1, -0.05) is 12.1 Å². The van der Waals surface area contributed by atoms with Crippen molar-refractivity contribution in [3.05, 3.63) is 30.5 Å². The average molecular weight is 271 g/mol. The first-order valence-corrected chi connectivity index (χ1v) is 7.16. The van der Waals surface area contributed by atoms with Crippen molar-refractivity contribution in [3.63, 3.8) is 0 Å². The monoisotopic (exact) mass is 271 g/mol. The van der Waals surface area contributed by atoms with Crippen LogP contribution in [0, 0.1) is 0 Å². The minimum Gasteiger partial charge on any atom is -0.494 e. The van der Waals surface area contributed by atoms with Crippen LogP contribution >= 0.6 is 0 Å². The molecule has 1 aliphatic rings. The number of para-hydroxylation sites is 1. The van der Waals surface area contributed by atoms with Gasteiger partial charge in [-0.25, -0.2) is 0 Å². The number of hydrogen-bond donors (Lipinski definition) is 1. The zero-order valence-electron chi connectivity index (χ0n) is 12.1. The summed E-state index contributed by atoms with van der Waals surface area (Å²) < 4.78 is 5.36. The zero-order valence-corrected chi connectivity index (χ0v) is 12.1. The number of ether oxygens (including phenoxy) is 1. The van der Waals surface area contributed by atoms with Crippen LogP contribution in [0.1, 0.15) is 12.8 Å². The highest BCUT2D eigenvalue weighted by Crippen LogP contribution is 2.27. The third-order valence-electron chi connectivity index (χ3n) is 4.14. The lowest BCUT2D eigenvalue weighted by Crippen LogP contribution is -2.41. The fourth-order valence-corrected chi connectivity index (χ4v) is 2.88. The Bertz CT molecular complexity index is 593. The number of piperidine rings is 1. The average Bonchev–Trinajstić information content (AvgIpc) is 2.53. The summed E-state index contributed by atoms with van der Waals surface area (Å²) in [6, 6.07) is 8.85. The SMILES string of the molecule is COc1cccc2cc(N(C)C3CCNCC3)cnc12. The van der Waals surface area contributed by atoms with E-state index in [2.05, 4.69) is 34.4 Å². The lowest BCUT2D eigenvalue weighted by molar-refractivity contribution is 0.419. The quantitative estimate of drug-likeness (QED) is 0.930. The molecule has 1 N–H and O–H groups in total. The first-order chi connectivity index (χ1) is 9.79. The number of aromatic nitrogens is 1. The molecule has 1 fully saturated rings. The molecule has 0 bridgehead atoms. The van der Waals surface area contributed by atoms with Crippen LogP contribution in [0.4, 0.5) is 5.69 Å². The second-order valence-electron chi connectivity index (χ2n) is 5.32. The summed E-state index contributed by atoms with van der Waals surface area (Å²) in [5.74, 6) is 0.832. The van der Waals surface area contributed by atoms with Crippen molar-refractivity contribution >= 4 is 16.6 Å². The third-order valence-corrected chi connectivity index (χ3v) is 4.14. The molecule has 1 saturated heterocycles. The summed E-state index contributed by atoms with van der Waals surface area (Å²) >= 11 is 0. The summed E-state index contributed by atoms with van der Waals surface area (Å²) in [6.07, 6.45) is 4.33. The molecular formula is C16H21N3O. The number of rotatable bonds is 3. The van der Waals surface area contributed by atoms with Crippen LogP contribution < -0.4 is 15.0 Å². The fraction of sp³-hybridized carbons (Fsp3) is 0.438. The van der Waals surface area contributed by atoms with Crippen LogP contribution in [0.3, 0.4) is 0 Å². The van der Waals surface area contributed by atoms with Crippen molar-refractivity contribution in [3.8, 4) is 5.75 Å². The number of nitrogens with zero attached hydrogens (tertiary/aromatic N) is 2. The maximum absolute atomic E-state index is 5.36. The Labute approximate surface area is 119 Å². The number of methoxy groups -OCH3 is 1. The molecule has 1 aromatic carbocycles. The Morgan fingerprint density at radius 2 is 2.10 bits per heavy atom. The number of nitrogens with one attached hydrogen (secondary N) is 1. The van der Waals surface area contributed by atoms with Crippen LogP contribution in [0.5, 0.6) is 5.75 Å². The van der Waals surface area contributed by atoms with E-state index in [0.29, 0.717) is 6.04 Å². The predicted octanol–water partition coefficient (Wildman–Crippen LogP) is 2.43. The van der Waals surface area contributed by atoms with E-state index in [9.17, 15) is 0 Å². The topological polar surface area (TPSA) is 37.4 Å². The van der Waals surface area contributed by atoms with Crippen LogP contribution in [0.15, 0.2) is 30.5 Å². The minimum absolute atomic E-state index is 0.598. The molecule has 20 heavy (non-hydrogen) atoms. The second kappa shape index (κ2) is 5.67. The van der Waals surface area contributed by atoms with Crippen molar-refractivity contribution in [1.82, 2.24) is 10.3 Å². The molecule has 0 atom stereocenters. The molecule has 3 rings (SSSR count). The fourth-order valence-electron chi connectivity index (χ4n) is 2.88. The highest BCUT2D eigenvalue weighted by Gasteiger charge is 2.18. The van der Waals surface area contributed by atoms with Crippen molar-refractivity contribution in [2.24, 2.45) is 0 Å². The minimum atomic E-state index is 0.598. The highest BCUT2D eigenvalue weighted by atomic mass is 16.5. The van der Waals surface area contributed by atoms with Gasteiger partial charge in [-0.2, -0.15) is 0 Å². The van der Waals surface area contributed by atoms with E-state index in [-0.39, 0.29) is 0 Å². The standard InChI is InChI=1S/C16H21N3O/c1-19(13-6-8-17-9-7-13)14-10-12-4-3-5-15(20-2)16(12)18-11-14/h3-5,10-11,13,17H,6-9H2,1-2H3. The van der Waals surface area contributed by atoms with Gasteiger partial charge < -0.3 is 15.0 Å². The van der Waals surface area contributed by atoms with E-state index >= 15 is 0 Å². The van der Waals surface area contributed by atoms with Crippen molar-refractivity contribution in [1.29, 1.82) is 0 Å². The largest absolute Gasteiger partial charge is 0.494 e. The summed E-state index contributed by atoms with van der Waals surface area (Å²) in [4.78, 5) is 6.94. The lowest BCUT2D eigenvalue weighted by atomic mass is 10.0. The van der Waals surface area contributed by atoms with Gasteiger partial charge in [-0.15, -0.1) is 0 Å². The molecule has 0 unspecified atom stereocenters. The second-order valence-corrected chi connectivity index (χ2v) is 5.32. The summed E-state index contributed by atoms with van der Waals surface area (Å²) in [5.41, 5.74) is 2.11. The van der Waals surface area contributed by atoms with Gasteiger partial charge in [-0.05, 0) is 38.1 Å². The molecule has 4 heteroatoms. The summed E-state index contributed by atoms with van der Waals surface area (Å²) in [6.45, 7) is 2.20. The number of pyridine rings is 1. The van der Waals surface area contributed by atoms with Crippen molar-refractivity contribution in [2.45, 2.75) is 18.9 Å². The molecule has 4 nitrogen and oxygen atoms in total.